The Hall–Kier alpha value is -3.13. The third kappa shape index (κ3) is 5.93. The maximum Gasteiger partial charge on any atom is 0.243 e. The molecule has 3 aromatic rings. The van der Waals surface area contributed by atoms with Gasteiger partial charge in [-0.15, -0.1) is 0 Å². The molecule has 7 nitrogen and oxygen atoms in total. The van der Waals surface area contributed by atoms with Crippen LogP contribution >= 0.6 is 34.8 Å². The molecular formula is C25H22Cl3N3O4. The molecule has 2 N–H and O–H groups in total. The van der Waals surface area contributed by atoms with Crippen molar-refractivity contribution in [3.8, 4) is 11.5 Å². The molecule has 2 amide bonds. The fourth-order valence-corrected chi connectivity index (χ4v) is 4.14. The molecule has 3 aromatic carbocycles. The number of amides is 2. The number of halogens is 3. The van der Waals surface area contributed by atoms with E-state index in [0.29, 0.717) is 37.9 Å². The average molecular weight is 535 g/mol. The van der Waals surface area contributed by atoms with Crippen molar-refractivity contribution in [1.82, 2.24) is 5.43 Å². The van der Waals surface area contributed by atoms with E-state index in [2.05, 4.69) is 10.9 Å². The summed E-state index contributed by atoms with van der Waals surface area (Å²) in [5, 5.41) is 1.46. The number of para-hydroxylation sites is 1. The molecule has 4 rings (SSSR count). The van der Waals surface area contributed by atoms with Gasteiger partial charge in [-0.3, -0.25) is 20.4 Å². The summed E-state index contributed by atoms with van der Waals surface area (Å²) in [6.07, 6.45) is 0.106. The van der Waals surface area contributed by atoms with Crippen LogP contribution in [0.4, 0.5) is 11.4 Å². The smallest absolute Gasteiger partial charge is 0.243 e. The van der Waals surface area contributed by atoms with Gasteiger partial charge >= 0.3 is 0 Å². The van der Waals surface area contributed by atoms with E-state index in [1.165, 1.54) is 7.11 Å². The molecule has 10 heteroatoms. The van der Waals surface area contributed by atoms with Gasteiger partial charge in [0.2, 0.25) is 11.8 Å². The van der Waals surface area contributed by atoms with Crippen molar-refractivity contribution in [2.45, 2.75) is 13.0 Å². The normalized spacial score (nSPS) is 15.1. The summed E-state index contributed by atoms with van der Waals surface area (Å²) in [6.45, 7) is 0.472. The molecule has 0 aromatic heterocycles. The number of nitrogens with zero attached hydrogens (tertiary/aromatic N) is 1. The second-order valence-electron chi connectivity index (χ2n) is 7.87. The van der Waals surface area contributed by atoms with E-state index in [0.717, 1.165) is 5.56 Å². The zero-order valence-electron chi connectivity index (χ0n) is 18.7. The minimum atomic E-state index is -0.517. The lowest BCUT2D eigenvalue weighted by Crippen LogP contribution is -2.36. The number of carbonyl (C=O) groups excluding carboxylic acids is 2. The summed E-state index contributed by atoms with van der Waals surface area (Å²) >= 11 is 18.0. The standard InChI is InChI=1S/C25H22Cl3N3O4/c1-34-22-4-2-3-21(24(22)35-14-15-5-10-19(27)20(28)11-15)29-30-25(33)16-12-23(32)31(13-16)18-8-6-17(26)7-9-18/h2-11,16,29H,12-14H2,1H3,(H,30,33)/t16-/m0/s1. The number of nitrogens with one attached hydrogen (secondary N) is 2. The van der Waals surface area contributed by atoms with Gasteiger partial charge in [0.25, 0.3) is 0 Å². The molecule has 1 fully saturated rings. The van der Waals surface area contributed by atoms with Crippen LogP contribution in [-0.2, 0) is 16.2 Å². The summed E-state index contributed by atoms with van der Waals surface area (Å²) in [6, 6.07) is 17.4. The van der Waals surface area contributed by atoms with E-state index in [4.69, 9.17) is 44.3 Å². The van der Waals surface area contributed by atoms with Gasteiger partial charge in [0.15, 0.2) is 11.5 Å². The van der Waals surface area contributed by atoms with Gasteiger partial charge in [0, 0.05) is 23.7 Å². The minimum absolute atomic E-state index is 0.106. The van der Waals surface area contributed by atoms with Gasteiger partial charge in [-0.1, -0.05) is 46.9 Å². The minimum Gasteiger partial charge on any atom is -0.493 e. The Morgan fingerprint density at radius 2 is 1.83 bits per heavy atom. The first-order valence-corrected chi connectivity index (χ1v) is 11.8. The lowest BCUT2D eigenvalue weighted by Gasteiger charge is -2.19. The molecule has 1 aliphatic rings. The summed E-state index contributed by atoms with van der Waals surface area (Å²) in [5.74, 6) is -0.0645. The van der Waals surface area contributed by atoms with Crippen LogP contribution in [0.15, 0.2) is 60.7 Å². The summed E-state index contributed by atoms with van der Waals surface area (Å²) < 4.78 is 11.4. The Balaban J connectivity index is 1.41. The van der Waals surface area contributed by atoms with E-state index in [-0.39, 0.29) is 31.4 Å². The molecule has 0 saturated carbocycles. The molecule has 1 heterocycles. The second kappa shape index (κ2) is 11.1. The zero-order valence-corrected chi connectivity index (χ0v) is 21.0. The van der Waals surface area contributed by atoms with Crippen LogP contribution in [0.25, 0.3) is 0 Å². The molecule has 35 heavy (non-hydrogen) atoms. The Labute approximate surface area is 217 Å². The van der Waals surface area contributed by atoms with Crippen LogP contribution in [-0.4, -0.2) is 25.5 Å². The fourth-order valence-electron chi connectivity index (χ4n) is 3.69. The van der Waals surface area contributed by atoms with Crippen molar-refractivity contribution in [2.75, 3.05) is 24.0 Å². The number of rotatable bonds is 8. The first kappa shape index (κ1) is 25.0. The van der Waals surface area contributed by atoms with Gasteiger partial charge in [0.1, 0.15) is 6.61 Å². The molecule has 1 saturated heterocycles. The number of benzene rings is 3. The molecule has 1 aliphatic heterocycles. The molecule has 0 spiro atoms. The van der Waals surface area contributed by atoms with Crippen LogP contribution in [0.1, 0.15) is 12.0 Å². The Kier molecular flexibility index (Phi) is 7.90. The monoisotopic (exact) mass is 533 g/mol. The van der Waals surface area contributed by atoms with Crippen molar-refractivity contribution >= 4 is 58.0 Å². The Morgan fingerprint density at radius 1 is 1.06 bits per heavy atom. The maximum atomic E-state index is 12.8. The SMILES string of the molecule is COc1cccc(NNC(=O)[C@H]2CC(=O)N(c3ccc(Cl)cc3)C2)c1OCc1ccc(Cl)c(Cl)c1. The Bertz CT molecular complexity index is 1240. The van der Waals surface area contributed by atoms with Crippen molar-refractivity contribution in [3.63, 3.8) is 0 Å². The van der Waals surface area contributed by atoms with Crippen molar-refractivity contribution in [2.24, 2.45) is 5.92 Å². The highest BCUT2D eigenvalue weighted by atomic mass is 35.5. The summed E-state index contributed by atoms with van der Waals surface area (Å²) in [7, 11) is 1.53. The zero-order chi connectivity index (χ0) is 24.9. The summed E-state index contributed by atoms with van der Waals surface area (Å²) in [4.78, 5) is 26.9. The van der Waals surface area contributed by atoms with E-state index >= 15 is 0 Å². The third-order valence-electron chi connectivity index (χ3n) is 5.52. The number of methoxy groups -OCH3 is 1. The highest BCUT2D eigenvalue weighted by Gasteiger charge is 2.35. The predicted octanol–water partition coefficient (Wildman–Crippen LogP) is 5.73. The van der Waals surface area contributed by atoms with Gasteiger partial charge < -0.3 is 14.4 Å². The summed E-state index contributed by atoms with van der Waals surface area (Å²) in [5.41, 5.74) is 7.60. The second-order valence-corrected chi connectivity index (χ2v) is 9.12. The van der Waals surface area contributed by atoms with Crippen LogP contribution < -0.4 is 25.2 Å². The quantitative estimate of drug-likeness (QED) is 0.361. The number of anilines is 2. The number of ether oxygens (including phenoxy) is 2. The van der Waals surface area contributed by atoms with Crippen molar-refractivity contribution < 1.29 is 19.1 Å². The van der Waals surface area contributed by atoms with Crippen LogP contribution in [0.5, 0.6) is 11.5 Å². The largest absolute Gasteiger partial charge is 0.493 e. The third-order valence-corrected chi connectivity index (χ3v) is 6.51. The first-order chi connectivity index (χ1) is 16.9. The van der Waals surface area contributed by atoms with E-state index in [1.54, 1.807) is 59.5 Å². The predicted molar refractivity (Wildman–Crippen MR) is 137 cm³/mol. The molecule has 1 atom stereocenters. The molecule has 0 aliphatic carbocycles. The van der Waals surface area contributed by atoms with E-state index in [1.807, 2.05) is 6.07 Å². The van der Waals surface area contributed by atoms with Crippen molar-refractivity contribution in [1.29, 1.82) is 0 Å². The highest BCUT2D eigenvalue weighted by Crippen LogP contribution is 2.36. The number of hydrogen-bond donors (Lipinski definition) is 2. The van der Waals surface area contributed by atoms with Crippen LogP contribution in [0.3, 0.4) is 0 Å². The van der Waals surface area contributed by atoms with Gasteiger partial charge in [-0.05, 0) is 54.1 Å². The van der Waals surface area contributed by atoms with E-state index in [9.17, 15) is 9.59 Å². The molecule has 182 valence electrons. The topological polar surface area (TPSA) is 79.9 Å². The van der Waals surface area contributed by atoms with Crippen LogP contribution in [0, 0.1) is 5.92 Å². The van der Waals surface area contributed by atoms with Crippen molar-refractivity contribution in [3.05, 3.63) is 81.3 Å². The molecule has 0 unspecified atom stereocenters. The van der Waals surface area contributed by atoms with Gasteiger partial charge in [-0.2, -0.15) is 0 Å². The fraction of sp³-hybridized carbons (Fsp3) is 0.200. The van der Waals surface area contributed by atoms with Crippen LogP contribution in [0.2, 0.25) is 15.1 Å². The molecule has 0 bridgehead atoms. The molecule has 0 radical (unpaired) electrons. The lowest BCUT2D eigenvalue weighted by molar-refractivity contribution is -0.125. The van der Waals surface area contributed by atoms with Gasteiger partial charge in [0.05, 0.1) is 28.8 Å². The van der Waals surface area contributed by atoms with E-state index < -0.39 is 5.92 Å². The molecular weight excluding hydrogens is 513 g/mol. The lowest BCUT2D eigenvalue weighted by atomic mass is 10.1. The highest BCUT2D eigenvalue weighted by molar-refractivity contribution is 6.42. The first-order valence-electron chi connectivity index (χ1n) is 10.7. The Morgan fingerprint density at radius 3 is 2.54 bits per heavy atom. The number of hydrazine groups is 1. The maximum absolute atomic E-state index is 12.8. The average Bonchev–Trinajstić information content (AvgIpc) is 3.25. The number of carbonyl (C=O) groups is 2. The number of hydrogen-bond acceptors (Lipinski definition) is 5. The van der Waals surface area contributed by atoms with Gasteiger partial charge in [-0.25, -0.2) is 0 Å².